The van der Waals surface area contributed by atoms with Crippen molar-refractivity contribution in [1.29, 1.82) is 0 Å². The minimum atomic E-state index is -4.30. The first-order valence-corrected chi connectivity index (χ1v) is 9.08. The van der Waals surface area contributed by atoms with E-state index < -0.39 is 11.7 Å². The Hall–Kier alpha value is -1.86. The van der Waals surface area contributed by atoms with Gasteiger partial charge < -0.3 is 4.90 Å². The number of nitrogens with zero attached hydrogens (tertiary/aromatic N) is 2. The molecule has 0 spiro atoms. The van der Waals surface area contributed by atoms with Crippen LogP contribution in [0.2, 0.25) is 0 Å². The zero-order valence-electron chi connectivity index (χ0n) is 13.6. The fourth-order valence-electron chi connectivity index (χ4n) is 2.96. The van der Waals surface area contributed by atoms with Crippen molar-refractivity contribution < 1.29 is 18.0 Å². The summed E-state index contributed by atoms with van der Waals surface area (Å²) in [6.07, 6.45) is -3.44. The van der Waals surface area contributed by atoms with Crippen molar-refractivity contribution in [3.63, 3.8) is 0 Å². The molecule has 1 saturated heterocycles. The molecule has 1 aliphatic heterocycles. The topological polar surface area (TPSA) is 23.6 Å². The van der Waals surface area contributed by atoms with Gasteiger partial charge in [-0.05, 0) is 35.6 Å². The van der Waals surface area contributed by atoms with Gasteiger partial charge in [-0.2, -0.15) is 24.5 Å². The molecule has 134 valence electrons. The van der Waals surface area contributed by atoms with Crippen molar-refractivity contribution >= 4 is 17.2 Å². The van der Waals surface area contributed by atoms with Gasteiger partial charge in [-0.3, -0.25) is 9.69 Å². The zero-order chi connectivity index (χ0) is 17.9. The Morgan fingerprint density at radius 1 is 1.04 bits per heavy atom. The first kappa shape index (κ1) is 17.9. The van der Waals surface area contributed by atoms with Crippen LogP contribution in [-0.2, 0) is 12.7 Å². The molecule has 7 heteroatoms. The van der Waals surface area contributed by atoms with Crippen molar-refractivity contribution in [2.45, 2.75) is 19.1 Å². The number of hydrogen-bond donors (Lipinski definition) is 0. The van der Waals surface area contributed by atoms with Crippen molar-refractivity contribution in [1.82, 2.24) is 9.80 Å². The van der Waals surface area contributed by atoms with Crippen LogP contribution in [0.1, 0.15) is 27.9 Å². The van der Waals surface area contributed by atoms with Crippen molar-refractivity contribution in [3.05, 3.63) is 57.8 Å². The number of amides is 1. The number of thiophene rings is 1. The number of halogens is 3. The van der Waals surface area contributed by atoms with E-state index in [2.05, 4.69) is 4.90 Å². The Morgan fingerprint density at radius 3 is 2.44 bits per heavy atom. The van der Waals surface area contributed by atoms with Crippen molar-refractivity contribution in [3.8, 4) is 0 Å². The summed E-state index contributed by atoms with van der Waals surface area (Å²) in [5.74, 6) is 0.0534. The van der Waals surface area contributed by atoms with Crippen LogP contribution in [0.3, 0.4) is 0 Å². The molecule has 1 fully saturated rings. The minimum Gasteiger partial charge on any atom is -0.337 e. The van der Waals surface area contributed by atoms with E-state index in [1.165, 1.54) is 23.5 Å². The highest BCUT2D eigenvalue weighted by atomic mass is 32.1. The van der Waals surface area contributed by atoms with Gasteiger partial charge in [-0.25, -0.2) is 0 Å². The lowest BCUT2D eigenvalue weighted by Crippen LogP contribution is -2.34. The smallest absolute Gasteiger partial charge is 0.337 e. The van der Waals surface area contributed by atoms with Gasteiger partial charge >= 0.3 is 6.18 Å². The summed E-state index contributed by atoms with van der Waals surface area (Å²) in [4.78, 5) is 16.5. The van der Waals surface area contributed by atoms with Crippen LogP contribution < -0.4 is 0 Å². The van der Waals surface area contributed by atoms with Crippen molar-refractivity contribution in [2.24, 2.45) is 0 Å². The van der Waals surface area contributed by atoms with Gasteiger partial charge in [0.2, 0.25) is 0 Å². The van der Waals surface area contributed by atoms with Crippen LogP contribution in [-0.4, -0.2) is 41.9 Å². The van der Waals surface area contributed by atoms with E-state index in [9.17, 15) is 18.0 Å². The second kappa shape index (κ2) is 7.58. The molecule has 0 aliphatic carbocycles. The maximum Gasteiger partial charge on any atom is 0.416 e. The van der Waals surface area contributed by atoms with Gasteiger partial charge in [0.05, 0.1) is 11.1 Å². The van der Waals surface area contributed by atoms with Crippen LogP contribution in [0, 0.1) is 0 Å². The molecule has 1 aliphatic rings. The van der Waals surface area contributed by atoms with Gasteiger partial charge in [0.1, 0.15) is 0 Å². The predicted molar refractivity (Wildman–Crippen MR) is 91.6 cm³/mol. The second-order valence-corrected chi connectivity index (χ2v) is 6.91. The van der Waals surface area contributed by atoms with E-state index in [0.717, 1.165) is 42.8 Å². The summed E-state index contributed by atoms with van der Waals surface area (Å²) < 4.78 is 37.9. The molecule has 0 bridgehead atoms. The molecule has 1 aromatic carbocycles. The molecule has 2 aromatic rings. The molecular formula is C18H19F3N2OS. The number of benzene rings is 1. The standard InChI is InChI=1S/C18H19F3N2OS/c19-18(20,21)16-4-2-14(3-5-16)12-22-7-1-8-23(10-9-22)17(24)15-6-11-25-13-15/h2-6,11,13H,1,7-10,12H2. The quantitative estimate of drug-likeness (QED) is 0.814. The van der Waals surface area contributed by atoms with E-state index in [1.54, 1.807) is 0 Å². The lowest BCUT2D eigenvalue weighted by atomic mass is 10.1. The fourth-order valence-corrected chi connectivity index (χ4v) is 3.59. The highest BCUT2D eigenvalue weighted by Gasteiger charge is 2.30. The molecule has 0 atom stereocenters. The Bertz CT molecular complexity index is 698. The maximum absolute atomic E-state index is 12.6. The number of hydrogen-bond acceptors (Lipinski definition) is 3. The van der Waals surface area contributed by atoms with Crippen LogP contribution in [0.5, 0.6) is 0 Å². The SMILES string of the molecule is O=C(c1ccsc1)N1CCCN(Cc2ccc(C(F)(F)F)cc2)CC1. The Kier molecular flexibility index (Phi) is 5.44. The molecule has 0 unspecified atom stereocenters. The molecule has 0 N–H and O–H groups in total. The lowest BCUT2D eigenvalue weighted by molar-refractivity contribution is -0.137. The van der Waals surface area contributed by atoms with Gasteiger partial charge in [0.15, 0.2) is 0 Å². The highest BCUT2D eigenvalue weighted by molar-refractivity contribution is 7.08. The third-order valence-electron chi connectivity index (χ3n) is 4.33. The van der Waals surface area contributed by atoms with E-state index in [-0.39, 0.29) is 5.91 Å². The van der Waals surface area contributed by atoms with E-state index in [1.807, 2.05) is 21.7 Å². The normalized spacial score (nSPS) is 16.7. The average Bonchev–Trinajstić information content (AvgIpc) is 3.01. The average molecular weight is 368 g/mol. The molecule has 0 radical (unpaired) electrons. The van der Waals surface area contributed by atoms with Crippen molar-refractivity contribution in [2.75, 3.05) is 26.2 Å². The predicted octanol–water partition coefficient (Wildman–Crippen LogP) is 4.12. The first-order chi connectivity index (χ1) is 11.9. The molecule has 25 heavy (non-hydrogen) atoms. The third-order valence-corrected chi connectivity index (χ3v) is 5.01. The van der Waals surface area contributed by atoms with E-state index in [4.69, 9.17) is 0 Å². The molecule has 2 heterocycles. The van der Waals surface area contributed by atoms with Gasteiger partial charge in [0.25, 0.3) is 5.91 Å². The molecule has 1 amide bonds. The van der Waals surface area contributed by atoms with Gasteiger partial charge in [0, 0.05) is 38.1 Å². The number of alkyl halides is 3. The van der Waals surface area contributed by atoms with E-state index >= 15 is 0 Å². The number of carbonyl (C=O) groups excluding carboxylic acids is 1. The second-order valence-electron chi connectivity index (χ2n) is 6.13. The lowest BCUT2D eigenvalue weighted by Gasteiger charge is -2.22. The molecule has 3 rings (SSSR count). The van der Waals surface area contributed by atoms with Crippen LogP contribution in [0.15, 0.2) is 41.1 Å². The summed E-state index contributed by atoms with van der Waals surface area (Å²) in [6, 6.07) is 7.14. The van der Waals surface area contributed by atoms with Gasteiger partial charge in [-0.15, -0.1) is 0 Å². The largest absolute Gasteiger partial charge is 0.416 e. The summed E-state index contributed by atoms with van der Waals surface area (Å²) in [7, 11) is 0. The number of carbonyl (C=O) groups is 1. The minimum absolute atomic E-state index is 0.0534. The molecular weight excluding hydrogens is 349 g/mol. The van der Waals surface area contributed by atoms with Crippen LogP contribution >= 0.6 is 11.3 Å². The summed E-state index contributed by atoms with van der Waals surface area (Å²) in [5, 5.41) is 3.75. The first-order valence-electron chi connectivity index (χ1n) is 8.13. The zero-order valence-corrected chi connectivity index (χ0v) is 14.4. The summed E-state index contributed by atoms with van der Waals surface area (Å²) in [6.45, 7) is 3.48. The number of rotatable bonds is 3. The molecule has 3 nitrogen and oxygen atoms in total. The fraction of sp³-hybridized carbons (Fsp3) is 0.389. The van der Waals surface area contributed by atoms with Gasteiger partial charge in [-0.1, -0.05) is 12.1 Å². The van der Waals surface area contributed by atoms with Crippen LogP contribution in [0.4, 0.5) is 13.2 Å². The highest BCUT2D eigenvalue weighted by Crippen LogP contribution is 2.29. The Balaban J connectivity index is 1.57. The van der Waals surface area contributed by atoms with E-state index in [0.29, 0.717) is 19.6 Å². The Morgan fingerprint density at radius 2 is 1.80 bits per heavy atom. The molecule has 0 saturated carbocycles. The Labute approximate surface area is 148 Å². The van der Waals surface area contributed by atoms with Crippen LogP contribution in [0.25, 0.3) is 0 Å². The third kappa shape index (κ3) is 4.61. The maximum atomic E-state index is 12.6. The molecule has 1 aromatic heterocycles. The monoisotopic (exact) mass is 368 g/mol. The summed E-state index contributed by atoms with van der Waals surface area (Å²) >= 11 is 1.50. The summed E-state index contributed by atoms with van der Waals surface area (Å²) in [5.41, 5.74) is 0.950.